The highest BCUT2D eigenvalue weighted by Gasteiger charge is 2.19. The lowest BCUT2D eigenvalue weighted by molar-refractivity contribution is 0.102. The summed E-state index contributed by atoms with van der Waals surface area (Å²) in [6.45, 7) is 0. The normalized spacial score (nSPS) is 10.6. The van der Waals surface area contributed by atoms with Crippen LogP contribution in [0.3, 0.4) is 0 Å². The van der Waals surface area contributed by atoms with Gasteiger partial charge in [0, 0.05) is 17.1 Å². The molecule has 0 atom stereocenters. The van der Waals surface area contributed by atoms with E-state index in [0.29, 0.717) is 20.2 Å². The van der Waals surface area contributed by atoms with Crippen molar-refractivity contribution in [3.63, 3.8) is 0 Å². The lowest BCUT2D eigenvalue weighted by Crippen LogP contribution is -2.09. The topological polar surface area (TPSA) is 34.9 Å². The lowest BCUT2D eigenvalue weighted by Gasteiger charge is -2.05. The second-order valence-electron chi connectivity index (χ2n) is 3.42. The van der Waals surface area contributed by atoms with Crippen molar-refractivity contribution >= 4 is 37.6 Å². The first-order valence-corrected chi connectivity index (χ1v) is 6.26. The summed E-state index contributed by atoms with van der Waals surface area (Å²) in [5.41, 5.74) is 0.827. The summed E-state index contributed by atoms with van der Waals surface area (Å²) in [6.07, 6.45) is 1.55. The molecule has 2 rings (SSSR count). The van der Waals surface area contributed by atoms with E-state index in [0.717, 1.165) is 0 Å². The summed E-state index contributed by atoms with van der Waals surface area (Å²) in [6, 6.07) is 3.96. The molecular formula is C11H7Br2FN2O. The number of benzene rings is 1. The Bertz CT molecular complexity index is 576. The van der Waals surface area contributed by atoms with Crippen LogP contribution in [-0.2, 0) is 7.05 Å². The molecule has 2 aromatic rings. The molecule has 0 saturated carbocycles. The molecule has 0 aliphatic heterocycles. The molecule has 0 fully saturated rings. The van der Waals surface area contributed by atoms with Gasteiger partial charge >= 0.3 is 0 Å². The highest BCUT2D eigenvalue weighted by atomic mass is 79.9. The molecule has 6 heteroatoms. The molecule has 0 unspecified atom stereocenters. The highest BCUT2D eigenvalue weighted by molar-refractivity contribution is 9.10. The number of nitrogens with zero attached hydrogens (tertiary/aromatic N) is 2. The maximum Gasteiger partial charge on any atom is 0.213 e. The van der Waals surface area contributed by atoms with Gasteiger partial charge in [0.05, 0.1) is 10.7 Å². The van der Waals surface area contributed by atoms with E-state index in [-0.39, 0.29) is 5.78 Å². The molecule has 0 radical (unpaired) electrons. The van der Waals surface area contributed by atoms with Crippen molar-refractivity contribution in [1.29, 1.82) is 0 Å². The Hall–Kier alpha value is -1.01. The maximum absolute atomic E-state index is 12.9. The second-order valence-corrected chi connectivity index (χ2v) is 5.13. The molecule has 0 spiro atoms. The number of halogens is 3. The van der Waals surface area contributed by atoms with Crippen LogP contribution in [0.5, 0.6) is 0 Å². The number of hydrogen-bond acceptors (Lipinski definition) is 2. The molecule has 3 nitrogen and oxygen atoms in total. The minimum absolute atomic E-state index is 0.219. The van der Waals surface area contributed by atoms with Crippen molar-refractivity contribution in [1.82, 2.24) is 9.78 Å². The SMILES string of the molecule is Cn1ncc(Br)c1C(=O)c1ccc(F)cc1Br. The van der Waals surface area contributed by atoms with Gasteiger partial charge in [0.2, 0.25) is 5.78 Å². The van der Waals surface area contributed by atoms with Gasteiger partial charge < -0.3 is 0 Å². The second kappa shape index (κ2) is 4.70. The Balaban J connectivity index is 2.51. The number of aromatic nitrogens is 2. The van der Waals surface area contributed by atoms with Crippen molar-refractivity contribution in [2.24, 2.45) is 7.05 Å². The molecule has 1 heterocycles. The van der Waals surface area contributed by atoms with Gasteiger partial charge in [-0.3, -0.25) is 9.48 Å². The minimum atomic E-state index is -0.391. The predicted molar refractivity (Wildman–Crippen MR) is 68.4 cm³/mol. The Kier molecular flexibility index (Phi) is 3.44. The molecule has 88 valence electrons. The van der Waals surface area contributed by atoms with Gasteiger partial charge in [-0.05, 0) is 50.1 Å². The van der Waals surface area contributed by atoms with Crippen LogP contribution in [0.4, 0.5) is 4.39 Å². The zero-order valence-corrected chi connectivity index (χ0v) is 11.9. The summed E-state index contributed by atoms with van der Waals surface area (Å²) < 4.78 is 15.5. The van der Waals surface area contributed by atoms with Gasteiger partial charge in [0.1, 0.15) is 11.5 Å². The first kappa shape index (κ1) is 12.4. The molecule has 0 aliphatic carbocycles. The van der Waals surface area contributed by atoms with Gasteiger partial charge in [-0.25, -0.2) is 4.39 Å². The lowest BCUT2D eigenvalue weighted by atomic mass is 10.1. The summed E-state index contributed by atoms with van der Waals surface area (Å²) in [4.78, 5) is 12.2. The van der Waals surface area contributed by atoms with Gasteiger partial charge in [-0.1, -0.05) is 0 Å². The Morgan fingerprint density at radius 1 is 1.35 bits per heavy atom. The third-order valence-electron chi connectivity index (χ3n) is 2.28. The quantitative estimate of drug-likeness (QED) is 0.769. The first-order valence-electron chi connectivity index (χ1n) is 4.68. The third-order valence-corrected chi connectivity index (χ3v) is 3.52. The Labute approximate surface area is 114 Å². The number of ketones is 1. The van der Waals surface area contributed by atoms with Crippen LogP contribution in [-0.4, -0.2) is 15.6 Å². The van der Waals surface area contributed by atoms with Gasteiger partial charge in [-0.15, -0.1) is 0 Å². The largest absolute Gasteiger partial charge is 0.287 e. The number of rotatable bonds is 2. The number of carbonyl (C=O) groups is 1. The number of carbonyl (C=O) groups excluding carboxylic acids is 1. The summed E-state index contributed by atoms with van der Waals surface area (Å²) in [7, 11) is 1.68. The van der Waals surface area contributed by atoms with Crippen LogP contribution < -0.4 is 0 Å². The maximum atomic E-state index is 12.9. The summed E-state index contributed by atoms with van der Waals surface area (Å²) in [5, 5.41) is 3.97. The van der Waals surface area contributed by atoms with Crippen LogP contribution in [0.25, 0.3) is 0 Å². The molecule has 0 saturated heterocycles. The van der Waals surface area contributed by atoms with Crippen LogP contribution in [0.15, 0.2) is 33.3 Å². The van der Waals surface area contributed by atoms with Crippen LogP contribution in [0.1, 0.15) is 16.1 Å². The molecule has 1 aromatic carbocycles. The van der Waals surface area contributed by atoms with Crippen LogP contribution in [0, 0.1) is 5.82 Å². The van der Waals surface area contributed by atoms with E-state index in [2.05, 4.69) is 37.0 Å². The molecule has 0 bridgehead atoms. The van der Waals surface area contributed by atoms with E-state index in [1.165, 1.54) is 22.9 Å². The Morgan fingerprint density at radius 2 is 2.06 bits per heavy atom. The van der Waals surface area contributed by atoms with Crippen LogP contribution >= 0.6 is 31.9 Å². The number of aryl methyl sites for hydroxylation is 1. The van der Waals surface area contributed by atoms with E-state index in [9.17, 15) is 9.18 Å². The highest BCUT2D eigenvalue weighted by Crippen LogP contribution is 2.24. The van der Waals surface area contributed by atoms with Crippen molar-refractivity contribution in [3.8, 4) is 0 Å². The smallest absolute Gasteiger partial charge is 0.213 e. The van der Waals surface area contributed by atoms with Crippen LogP contribution in [0.2, 0.25) is 0 Å². The first-order chi connectivity index (χ1) is 8.00. The summed E-state index contributed by atoms with van der Waals surface area (Å²) in [5.74, 6) is -0.610. The van der Waals surface area contributed by atoms with Gasteiger partial charge in [0.15, 0.2) is 0 Å². The van der Waals surface area contributed by atoms with Crippen molar-refractivity contribution in [2.75, 3.05) is 0 Å². The third kappa shape index (κ3) is 2.32. The standard InChI is InChI=1S/C11H7Br2FN2O/c1-16-10(9(13)5-15-16)11(17)7-3-2-6(14)4-8(7)12/h2-5H,1H3. The average Bonchev–Trinajstić information content (AvgIpc) is 2.58. The van der Waals surface area contributed by atoms with E-state index >= 15 is 0 Å². The molecular weight excluding hydrogens is 355 g/mol. The van der Waals surface area contributed by atoms with Gasteiger partial charge in [0.25, 0.3) is 0 Å². The van der Waals surface area contributed by atoms with E-state index < -0.39 is 5.82 Å². The van der Waals surface area contributed by atoms with Crippen molar-refractivity contribution < 1.29 is 9.18 Å². The summed E-state index contributed by atoms with van der Waals surface area (Å²) >= 11 is 6.44. The zero-order valence-electron chi connectivity index (χ0n) is 8.75. The molecule has 0 aliphatic rings. The molecule has 0 amide bonds. The fourth-order valence-electron chi connectivity index (χ4n) is 1.47. The number of hydrogen-bond donors (Lipinski definition) is 0. The zero-order chi connectivity index (χ0) is 12.6. The van der Waals surface area contributed by atoms with E-state index in [1.54, 1.807) is 13.2 Å². The Morgan fingerprint density at radius 3 is 2.59 bits per heavy atom. The molecule has 0 N–H and O–H groups in total. The fraction of sp³-hybridized carbons (Fsp3) is 0.0909. The van der Waals surface area contributed by atoms with E-state index in [1.807, 2.05) is 0 Å². The van der Waals surface area contributed by atoms with Gasteiger partial charge in [-0.2, -0.15) is 5.10 Å². The predicted octanol–water partition coefficient (Wildman–Crippen LogP) is 3.32. The van der Waals surface area contributed by atoms with E-state index in [4.69, 9.17) is 0 Å². The fourth-order valence-corrected chi connectivity index (χ4v) is 2.53. The monoisotopic (exact) mass is 360 g/mol. The average molecular weight is 362 g/mol. The van der Waals surface area contributed by atoms with Crippen molar-refractivity contribution in [3.05, 3.63) is 50.4 Å². The van der Waals surface area contributed by atoms with Crippen molar-refractivity contribution in [2.45, 2.75) is 0 Å². The molecule has 17 heavy (non-hydrogen) atoms. The minimum Gasteiger partial charge on any atom is -0.287 e. The molecule has 1 aromatic heterocycles.